The van der Waals surface area contributed by atoms with Gasteiger partial charge in [0.15, 0.2) is 0 Å². The number of alkyl halides is 2. The first-order valence-corrected chi connectivity index (χ1v) is 5.56. The maximum Gasteiger partial charge on any atom is 0.267 e. The van der Waals surface area contributed by atoms with Crippen molar-refractivity contribution >= 4 is 5.78 Å². The molecule has 0 bridgehead atoms. The summed E-state index contributed by atoms with van der Waals surface area (Å²) in [6.07, 6.45) is -1.23. The molecule has 5 heteroatoms. The van der Waals surface area contributed by atoms with Crippen LogP contribution in [0.15, 0.2) is 42.6 Å². The number of rotatable bonds is 4. The SMILES string of the molecule is COc1c(C(=O)c2ccccn2)cccc1C(F)F. The molecule has 0 saturated carbocycles. The third-order valence-electron chi connectivity index (χ3n) is 2.63. The Bertz CT molecular complexity index is 585. The lowest BCUT2D eigenvalue weighted by atomic mass is 10.0. The van der Waals surface area contributed by atoms with E-state index in [0.717, 1.165) is 0 Å². The number of benzene rings is 1. The van der Waals surface area contributed by atoms with Crippen molar-refractivity contribution in [2.75, 3.05) is 7.11 Å². The van der Waals surface area contributed by atoms with E-state index in [-0.39, 0.29) is 22.6 Å². The summed E-state index contributed by atoms with van der Waals surface area (Å²) in [6.45, 7) is 0. The van der Waals surface area contributed by atoms with Crippen LogP contribution < -0.4 is 4.74 Å². The molecule has 19 heavy (non-hydrogen) atoms. The fraction of sp³-hybridized carbons (Fsp3) is 0.143. The van der Waals surface area contributed by atoms with Gasteiger partial charge in [0, 0.05) is 6.20 Å². The van der Waals surface area contributed by atoms with Gasteiger partial charge in [-0.05, 0) is 24.3 Å². The number of halogens is 2. The molecule has 0 N–H and O–H groups in total. The zero-order valence-corrected chi connectivity index (χ0v) is 10.1. The van der Waals surface area contributed by atoms with E-state index in [9.17, 15) is 13.6 Å². The number of ketones is 1. The predicted octanol–water partition coefficient (Wildman–Crippen LogP) is 3.26. The quantitative estimate of drug-likeness (QED) is 0.795. The Morgan fingerprint density at radius 1 is 1.21 bits per heavy atom. The van der Waals surface area contributed by atoms with E-state index in [1.54, 1.807) is 12.1 Å². The topological polar surface area (TPSA) is 39.2 Å². The number of carbonyl (C=O) groups is 1. The maximum atomic E-state index is 12.9. The predicted molar refractivity (Wildman–Crippen MR) is 65.6 cm³/mol. The number of pyridine rings is 1. The summed E-state index contributed by atoms with van der Waals surface area (Å²) in [6, 6.07) is 8.94. The lowest BCUT2D eigenvalue weighted by Crippen LogP contribution is -2.07. The molecular formula is C14H11F2NO2. The van der Waals surface area contributed by atoms with Crippen molar-refractivity contribution in [2.24, 2.45) is 0 Å². The molecule has 0 saturated heterocycles. The van der Waals surface area contributed by atoms with Gasteiger partial charge in [-0.1, -0.05) is 12.1 Å². The molecule has 3 nitrogen and oxygen atoms in total. The molecule has 1 heterocycles. The number of hydrogen-bond acceptors (Lipinski definition) is 3. The van der Waals surface area contributed by atoms with Crippen LogP contribution in [0, 0.1) is 0 Å². The van der Waals surface area contributed by atoms with E-state index in [2.05, 4.69) is 4.98 Å². The van der Waals surface area contributed by atoms with Crippen molar-refractivity contribution in [1.29, 1.82) is 0 Å². The number of ether oxygens (including phenoxy) is 1. The highest BCUT2D eigenvalue weighted by atomic mass is 19.3. The van der Waals surface area contributed by atoms with Crippen molar-refractivity contribution in [2.45, 2.75) is 6.43 Å². The molecule has 0 aliphatic rings. The summed E-state index contributed by atoms with van der Waals surface area (Å²) in [7, 11) is 1.26. The molecule has 1 aromatic carbocycles. The molecule has 0 fully saturated rings. The van der Waals surface area contributed by atoms with Gasteiger partial charge in [-0.2, -0.15) is 0 Å². The van der Waals surface area contributed by atoms with E-state index in [0.29, 0.717) is 0 Å². The van der Waals surface area contributed by atoms with E-state index in [1.165, 1.54) is 37.6 Å². The van der Waals surface area contributed by atoms with Crippen LogP contribution in [0.3, 0.4) is 0 Å². The van der Waals surface area contributed by atoms with Crippen molar-refractivity contribution < 1.29 is 18.3 Å². The molecule has 0 radical (unpaired) electrons. The summed E-state index contributed by atoms with van der Waals surface area (Å²) in [4.78, 5) is 16.1. The Labute approximate surface area is 108 Å². The average Bonchev–Trinajstić information content (AvgIpc) is 2.46. The van der Waals surface area contributed by atoms with Gasteiger partial charge in [0.2, 0.25) is 5.78 Å². The maximum absolute atomic E-state index is 12.9. The first kappa shape index (κ1) is 13.1. The number of aromatic nitrogens is 1. The van der Waals surface area contributed by atoms with Crippen LogP contribution in [-0.2, 0) is 0 Å². The second kappa shape index (κ2) is 5.56. The van der Waals surface area contributed by atoms with Gasteiger partial charge in [-0.3, -0.25) is 9.78 Å². The van der Waals surface area contributed by atoms with Crippen molar-refractivity contribution in [1.82, 2.24) is 4.98 Å². The smallest absolute Gasteiger partial charge is 0.267 e. The van der Waals surface area contributed by atoms with Crippen LogP contribution in [-0.4, -0.2) is 17.9 Å². The minimum Gasteiger partial charge on any atom is -0.495 e. The number of nitrogens with zero attached hydrogens (tertiary/aromatic N) is 1. The minimum absolute atomic E-state index is 0.0824. The number of para-hydroxylation sites is 1. The molecular weight excluding hydrogens is 252 g/mol. The molecule has 0 aliphatic heterocycles. The highest BCUT2D eigenvalue weighted by Gasteiger charge is 2.21. The summed E-state index contributed by atoms with van der Waals surface area (Å²) in [5, 5.41) is 0. The molecule has 0 atom stereocenters. The fourth-order valence-corrected chi connectivity index (χ4v) is 1.77. The third-order valence-corrected chi connectivity index (χ3v) is 2.63. The summed E-state index contributed by atoms with van der Waals surface area (Å²) < 4.78 is 30.7. The first-order valence-electron chi connectivity index (χ1n) is 5.56. The van der Waals surface area contributed by atoms with Crippen molar-refractivity contribution in [3.63, 3.8) is 0 Å². The van der Waals surface area contributed by atoms with Gasteiger partial charge in [-0.15, -0.1) is 0 Å². The third kappa shape index (κ3) is 2.59. The summed E-state index contributed by atoms with van der Waals surface area (Å²) in [5.74, 6) is -0.548. The van der Waals surface area contributed by atoms with E-state index in [1.807, 2.05) is 0 Å². The van der Waals surface area contributed by atoms with E-state index in [4.69, 9.17) is 4.74 Å². The van der Waals surface area contributed by atoms with Crippen LogP contribution in [0.1, 0.15) is 28.0 Å². The summed E-state index contributed by atoms with van der Waals surface area (Å²) in [5.41, 5.74) is -0.0319. The molecule has 0 unspecified atom stereocenters. The molecule has 1 aromatic heterocycles. The van der Waals surface area contributed by atoms with Crippen LogP contribution >= 0.6 is 0 Å². The highest BCUT2D eigenvalue weighted by Crippen LogP contribution is 2.32. The normalized spacial score (nSPS) is 10.5. The van der Waals surface area contributed by atoms with Gasteiger partial charge in [0.05, 0.1) is 18.2 Å². The lowest BCUT2D eigenvalue weighted by Gasteiger charge is -2.11. The van der Waals surface area contributed by atoms with Crippen molar-refractivity contribution in [3.05, 3.63) is 59.4 Å². The Morgan fingerprint density at radius 2 is 2.00 bits per heavy atom. The van der Waals surface area contributed by atoms with Crippen LogP contribution in [0.5, 0.6) is 5.75 Å². The zero-order valence-electron chi connectivity index (χ0n) is 10.1. The second-order valence-electron chi connectivity index (χ2n) is 3.77. The molecule has 2 rings (SSSR count). The van der Waals surface area contributed by atoms with E-state index >= 15 is 0 Å². The average molecular weight is 263 g/mol. The van der Waals surface area contributed by atoms with Crippen LogP contribution in [0.25, 0.3) is 0 Å². The molecule has 0 spiro atoms. The number of hydrogen-bond donors (Lipinski definition) is 0. The Morgan fingerprint density at radius 3 is 2.58 bits per heavy atom. The van der Waals surface area contributed by atoms with Gasteiger partial charge in [0.1, 0.15) is 11.4 Å². The Balaban J connectivity index is 2.51. The number of methoxy groups -OCH3 is 1. The van der Waals surface area contributed by atoms with Gasteiger partial charge in [0.25, 0.3) is 6.43 Å². The van der Waals surface area contributed by atoms with Gasteiger partial charge >= 0.3 is 0 Å². The molecule has 2 aromatic rings. The zero-order chi connectivity index (χ0) is 13.8. The van der Waals surface area contributed by atoms with Gasteiger partial charge < -0.3 is 4.74 Å². The summed E-state index contributed by atoms with van der Waals surface area (Å²) >= 11 is 0. The van der Waals surface area contributed by atoms with E-state index < -0.39 is 12.2 Å². The standard InChI is InChI=1S/C14H11F2NO2/c1-19-13-9(5-4-6-10(13)14(15)16)12(18)11-7-2-3-8-17-11/h2-8,14H,1H3. The number of carbonyl (C=O) groups excluding carboxylic acids is 1. The molecule has 0 aliphatic carbocycles. The van der Waals surface area contributed by atoms with Crippen LogP contribution in [0.2, 0.25) is 0 Å². The first-order chi connectivity index (χ1) is 9.15. The Kier molecular flexibility index (Phi) is 3.85. The Hall–Kier alpha value is -2.30. The monoisotopic (exact) mass is 263 g/mol. The minimum atomic E-state index is -2.70. The van der Waals surface area contributed by atoms with Gasteiger partial charge in [-0.25, -0.2) is 8.78 Å². The molecule has 0 amide bonds. The fourth-order valence-electron chi connectivity index (χ4n) is 1.77. The van der Waals surface area contributed by atoms with Crippen LogP contribution in [0.4, 0.5) is 8.78 Å². The largest absolute Gasteiger partial charge is 0.495 e. The van der Waals surface area contributed by atoms with Crippen molar-refractivity contribution in [3.8, 4) is 5.75 Å². The lowest BCUT2D eigenvalue weighted by molar-refractivity contribution is 0.103. The molecule has 98 valence electrons. The second-order valence-corrected chi connectivity index (χ2v) is 3.77. The highest BCUT2D eigenvalue weighted by molar-refractivity contribution is 6.09.